The highest BCUT2D eigenvalue weighted by atomic mass is 19.1. The molecule has 0 heterocycles. The highest BCUT2D eigenvalue weighted by Gasteiger charge is 2.23. The maximum Gasteiger partial charge on any atom is 0.103 e. The predicted molar refractivity (Wildman–Crippen MR) is 47.4 cm³/mol. The Morgan fingerprint density at radius 3 is 2.83 bits per heavy atom. The molecule has 0 aromatic carbocycles. The fourth-order valence-corrected chi connectivity index (χ4v) is 1.44. The molecule has 0 aromatic heterocycles. The summed E-state index contributed by atoms with van der Waals surface area (Å²) in [6.07, 6.45) is 6.31. The molecular formula is C10H15FO. The normalized spacial score (nSPS) is 24.0. The van der Waals surface area contributed by atoms with Gasteiger partial charge in [0.15, 0.2) is 0 Å². The van der Waals surface area contributed by atoms with Crippen molar-refractivity contribution >= 4 is 0 Å². The Hall–Kier alpha value is -0.630. The molecule has 12 heavy (non-hydrogen) atoms. The first-order valence-corrected chi connectivity index (χ1v) is 4.23. The van der Waals surface area contributed by atoms with Crippen LogP contribution in [-0.2, 0) is 0 Å². The van der Waals surface area contributed by atoms with Gasteiger partial charge in [0.05, 0.1) is 5.60 Å². The van der Waals surface area contributed by atoms with Crippen molar-refractivity contribution in [2.45, 2.75) is 32.3 Å². The minimum atomic E-state index is -0.777. The van der Waals surface area contributed by atoms with Gasteiger partial charge in [0, 0.05) is 5.92 Å². The van der Waals surface area contributed by atoms with Gasteiger partial charge in [-0.3, -0.25) is 0 Å². The highest BCUT2D eigenvalue weighted by molar-refractivity contribution is 5.16. The number of rotatable bonds is 2. The summed E-state index contributed by atoms with van der Waals surface area (Å²) in [5.41, 5.74) is -0.777. The minimum Gasteiger partial charge on any atom is -0.390 e. The van der Waals surface area contributed by atoms with E-state index in [0.29, 0.717) is 12.8 Å². The van der Waals surface area contributed by atoms with Crippen LogP contribution in [0.3, 0.4) is 0 Å². The lowest BCUT2D eigenvalue weighted by Gasteiger charge is -2.24. The average molecular weight is 170 g/mol. The van der Waals surface area contributed by atoms with Gasteiger partial charge in [0.25, 0.3) is 0 Å². The lowest BCUT2D eigenvalue weighted by Crippen LogP contribution is -2.23. The SMILES string of the molecule is CC(C)(O)CC1CC=CC=C1F. The first-order chi connectivity index (χ1) is 5.49. The summed E-state index contributed by atoms with van der Waals surface area (Å²) in [7, 11) is 0. The number of hydrogen-bond acceptors (Lipinski definition) is 1. The molecule has 2 heteroatoms. The smallest absolute Gasteiger partial charge is 0.103 e. The van der Waals surface area contributed by atoms with Gasteiger partial charge in [-0.2, -0.15) is 0 Å². The average Bonchev–Trinajstić information content (AvgIpc) is 1.91. The van der Waals surface area contributed by atoms with Gasteiger partial charge in [-0.15, -0.1) is 0 Å². The van der Waals surface area contributed by atoms with Gasteiger partial charge >= 0.3 is 0 Å². The van der Waals surface area contributed by atoms with Crippen LogP contribution in [0.4, 0.5) is 4.39 Å². The first-order valence-electron chi connectivity index (χ1n) is 4.23. The molecule has 0 amide bonds. The molecule has 0 aromatic rings. The van der Waals surface area contributed by atoms with Crippen molar-refractivity contribution < 1.29 is 9.50 Å². The largest absolute Gasteiger partial charge is 0.390 e. The van der Waals surface area contributed by atoms with Gasteiger partial charge in [-0.25, -0.2) is 4.39 Å². The van der Waals surface area contributed by atoms with E-state index in [1.807, 2.05) is 6.08 Å². The maximum absolute atomic E-state index is 13.1. The number of aliphatic hydroxyl groups is 1. The molecule has 0 aliphatic heterocycles. The van der Waals surface area contributed by atoms with E-state index in [4.69, 9.17) is 0 Å². The summed E-state index contributed by atoms with van der Waals surface area (Å²) >= 11 is 0. The van der Waals surface area contributed by atoms with Crippen molar-refractivity contribution in [1.82, 2.24) is 0 Å². The Labute approximate surface area is 72.6 Å². The minimum absolute atomic E-state index is 0.111. The van der Waals surface area contributed by atoms with Crippen LogP contribution in [0.25, 0.3) is 0 Å². The van der Waals surface area contributed by atoms with Crippen molar-refractivity contribution in [2.75, 3.05) is 0 Å². The fourth-order valence-electron chi connectivity index (χ4n) is 1.44. The zero-order chi connectivity index (χ0) is 9.19. The van der Waals surface area contributed by atoms with Crippen LogP contribution in [-0.4, -0.2) is 10.7 Å². The van der Waals surface area contributed by atoms with Crippen molar-refractivity contribution in [3.05, 3.63) is 24.1 Å². The Kier molecular flexibility index (Phi) is 2.68. The van der Waals surface area contributed by atoms with Crippen LogP contribution in [0.5, 0.6) is 0 Å². The van der Waals surface area contributed by atoms with E-state index < -0.39 is 5.60 Å². The summed E-state index contributed by atoms with van der Waals surface area (Å²) < 4.78 is 13.1. The van der Waals surface area contributed by atoms with Crippen LogP contribution in [0, 0.1) is 5.92 Å². The summed E-state index contributed by atoms with van der Waals surface area (Å²) in [6, 6.07) is 0. The monoisotopic (exact) mass is 170 g/mol. The number of hydrogen-bond donors (Lipinski definition) is 1. The molecule has 0 bridgehead atoms. The van der Waals surface area contributed by atoms with Crippen LogP contribution in [0.1, 0.15) is 26.7 Å². The second-order valence-corrected chi connectivity index (χ2v) is 3.93. The third-order valence-electron chi connectivity index (χ3n) is 1.95. The molecule has 0 spiro atoms. The predicted octanol–water partition coefficient (Wildman–Crippen LogP) is 2.58. The van der Waals surface area contributed by atoms with Gasteiger partial charge < -0.3 is 5.11 Å². The third-order valence-corrected chi connectivity index (χ3v) is 1.95. The van der Waals surface area contributed by atoms with Gasteiger partial charge in [-0.05, 0) is 32.8 Å². The lowest BCUT2D eigenvalue weighted by molar-refractivity contribution is 0.0546. The van der Waals surface area contributed by atoms with E-state index in [1.165, 1.54) is 6.08 Å². The first kappa shape index (κ1) is 9.46. The zero-order valence-electron chi connectivity index (χ0n) is 7.55. The van der Waals surface area contributed by atoms with Crippen molar-refractivity contribution in [2.24, 2.45) is 5.92 Å². The van der Waals surface area contributed by atoms with E-state index in [2.05, 4.69) is 0 Å². The van der Waals surface area contributed by atoms with Crippen molar-refractivity contribution in [3.63, 3.8) is 0 Å². The van der Waals surface area contributed by atoms with E-state index in [1.54, 1.807) is 19.9 Å². The van der Waals surface area contributed by atoms with Crippen LogP contribution in [0.2, 0.25) is 0 Å². The van der Waals surface area contributed by atoms with Gasteiger partial charge in [-0.1, -0.05) is 12.2 Å². The molecule has 1 aliphatic carbocycles. The topological polar surface area (TPSA) is 20.2 Å². The Balaban J connectivity index is 2.55. The molecular weight excluding hydrogens is 155 g/mol. The molecule has 1 unspecified atom stereocenters. The van der Waals surface area contributed by atoms with Crippen molar-refractivity contribution in [3.8, 4) is 0 Å². The fraction of sp³-hybridized carbons (Fsp3) is 0.600. The summed E-state index contributed by atoms with van der Waals surface area (Å²) in [4.78, 5) is 0. The lowest BCUT2D eigenvalue weighted by atomic mass is 9.88. The third kappa shape index (κ3) is 2.78. The Bertz CT molecular complexity index is 210. The standard InChI is InChI=1S/C10H15FO/c1-10(2,12)7-8-5-3-4-6-9(8)11/h3-4,6,8,12H,5,7H2,1-2H3. The van der Waals surface area contributed by atoms with Crippen LogP contribution < -0.4 is 0 Å². The molecule has 1 atom stereocenters. The molecule has 1 aliphatic rings. The molecule has 1 rings (SSSR count). The highest BCUT2D eigenvalue weighted by Crippen LogP contribution is 2.29. The number of halogens is 1. The van der Waals surface area contributed by atoms with Gasteiger partial charge in [0.1, 0.15) is 5.83 Å². The molecule has 68 valence electrons. The molecule has 1 N–H and O–H groups in total. The van der Waals surface area contributed by atoms with Gasteiger partial charge in [0.2, 0.25) is 0 Å². The molecule has 0 fully saturated rings. The maximum atomic E-state index is 13.1. The van der Waals surface area contributed by atoms with E-state index >= 15 is 0 Å². The molecule has 0 saturated carbocycles. The van der Waals surface area contributed by atoms with E-state index in [9.17, 15) is 9.50 Å². The Morgan fingerprint density at radius 2 is 2.33 bits per heavy atom. The van der Waals surface area contributed by atoms with Crippen LogP contribution in [0.15, 0.2) is 24.1 Å². The molecule has 0 saturated heterocycles. The summed E-state index contributed by atoms with van der Waals surface area (Å²) in [5, 5.41) is 9.47. The number of allylic oxidation sites excluding steroid dienone is 4. The quantitative estimate of drug-likeness (QED) is 0.675. The summed E-state index contributed by atoms with van der Waals surface area (Å²) in [5.74, 6) is -0.241. The Morgan fingerprint density at radius 1 is 1.67 bits per heavy atom. The molecule has 0 radical (unpaired) electrons. The second-order valence-electron chi connectivity index (χ2n) is 3.93. The second kappa shape index (κ2) is 3.40. The zero-order valence-corrected chi connectivity index (χ0v) is 7.55. The van der Waals surface area contributed by atoms with E-state index in [0.717, 1.165) is 0 Å². The van der Waals surface area contributed by atoms with Crippen molar-refractivity contribution in [1.29, 1.82) is 0 Å². The van der Waals surface area contributed by atoms with E-state index in [-0.39, 0.29) is 11.7 Å². The van der Waals surface area contributed by atoms with Crippen LogP contribution >= 0.6 is 0 Å². The molecule has 1 nitrogen and oxygen atoms in total. The summed E-state index contributed by atoms with van der Waals surface area (Å²) in [6.45, 7) is 3.41.